The summed E-state index contributed by atoms with van der Waals surface area (Å²) in [6, 6.07) is -0.168. The first-order chi connectivity index (χ1) is 12.6. The standard InChI is InChI=1S/C19H29N3O4/c1-3-25-18(23)16-8-15-7-13(5-6-14(15)9-20-16)10-22-11-17(21-12-22)19(24)26-4-2/h11-16,20H,3-10H2,1-2H3/t13?,14?,15?,16-/m0/s1. The van der Waals surface area contributed by atoms with Gasteiger partial charge in [0.1, 0.15) is 6.04 Å². The number of aromatic nitrogens is 2. The minimum atomic E-state index is -0.370. The van der Waals surface area contributed by atoms with E-state index in [9.17, 15) is 9.59 Å². The van der Waals surface area contributed by atoms with Gasteiger partial charge in [-0.2, -0.15) is 0 Å². The highest BCUT2D eigenvalue weighted by molar-refractivity contribution is 5.86. The summed E-state index contributed by atoms with van der Waals surface area (Å²) in [5, 5.41) is 3.35. The summed E-state index contributed by atoms with van der Waals surface area (Å²) in [7, 11) is 0. The number of carbonyl (C=O) groups excluding carboxylic acids is 2. The first kappa shape index (κ1) is 18.9. The number of nitrogens with zero attached hydrogens (tertiary/aromatic N) is 2. The second-order valence-corrected chi connectivity index (χ2v) is 7.32. The summed E-state index contributed by atoms with van der Waals surface area (Å²) in [5.74, 6) is 1.25. The number of rotatable bonds is 6. The van der Waals surface area contributed by atoms with Crippen LogP contribution in [-0.2, 0) is 20.8 Å². The van der Waals surface area contributed by atoms with Gasteiger partial charge >= 0.3 is 11.9 Å². The minimum Gasteiger partial charge on any atom is -0.465 e. The molecule has 1 saturated heterocycles. The summed E-state index contributed by atoms with van der Waals surface area (Å²) in [6.07, 6.45) is 7.79. The molecular weight excluding hydrogens is 334 g/mol. The molecule has 0 radical (unpaired) electrons. The number of hydrogen-bond acceptors (Lipinski definition) is 6. The molecule has 2 fully saturated rings. The molecule has 1 aliphatic heterocycles. The Labute approximate surface area is 154 Å². The van der Waals surface area contributed by atoms with Crippen LogP contribution in [0.3, 0.4) is 0 Å². The lowest BCUT2D eigenvalue weighted by Gasteiger charge is -2.42. The van der Waals surface area contributed by atoms with Crippen molar-refractivity contribution in [3.8, 4) is 0 Å². The Hall–Kier alpha value is -1.89. The number of ether oxygens (including phenoxy) is 2. The molecule has 26 heavy (non-hydrogen) atoms. The van der Waals surface area contributed by atoms with Crippen LogP contribution in [0.2, 0.25) is 0 Å². The molecule has 2 heterocycles. The van der Waals surface area contributed by atoms with Crippen LogP contribution in [0.4, 0.5) is 0 Å². The van der Waals surface area contributed by atoms with E-state index in [-0.39, 0.29) is 18.0 Å². The molecule has 3 rings (SSSR count). The van der Waals surface area contributed by atoms with Crippen molar-refractivity contribution in [3.63, 3.8) is 0 Å². The Kier molecular flexibility index (Phi) is 6.29. The third kappa shape index (κ3) is 4.44. The summed E-state index contributed by atoms with van der Waals surface area (Å²) < 4.78 is 12.1. The Morgan fingerprint density at radius 3 is 2.77 bits per heavy atom. The number of esters is 2. The van der Waals surface area contributed by atoms with Crippen LogP contribution in [0.25, 0.3) is 0 Å². The fourth-order valence-corrected chi connectivity index (χ4v) is 4.32. The van der Waals surface area contributed by atoms with Gasteiger partial charge in [-0.1, -0.05) is 0 Å². The summed E-state index contributed by atoms with van der Waals surface area (Å²) in [4.78, 5) is 27.9. The number of hydrogen-bond donors (Lipinski definition) is 1. The van der Waals surface area contributed by atoms with Crippen molar-refractivity contribution in [3.05, 3.63) is 18.2 Å². The van der Waals surface area contributed by atoms with E-state index < -0.39 is 0 Å². The van der Waals surface area contributed by atoms with Gasteiger partial charge in [0.15, 0.2) is 5.69 Å². The summed E-state index contributed by atoms with van der Waals surface area (Å²) >= 11 is 0. The lowest BCUT2D eigenvalue weighted by molar-refractivity contribution is -0.147. The van der Waals surface area contributed by atoms with E-state index in [2.05, 4.69) is 10.3 Å². The van der Waals surface area contributed by atoms with Crippen LogP contribution in [0.5, 0.6) is 0 Å². The van der Waals surface area contributed by atoms with Crippen molar-refractivity contribution in [2.75, 3.05) is 19.8 Å². The number of imidazole rings is 1. The van der Waals surface area contributed by atoms with Gasteiger partial charge in [0.2, 0.25) is 0 Å². The minimum absolute atomic E-state index is 0.123. The topological polar surface area (TPSA) is 82.5 Å². The van der Waals surface area contributed by atoms with E-state index in [0.717, 1.165) is 25.9 Å². The van der Waals surface area contributed by atoms with Gasteiger partial charge in [0.05, 0.1) is 19.5 Å². The fraction of sp³-hybridized carbons (Fsp3) is 0.737. The molecular formula is C19H29N3O4. The van der Waals surface area contributed by atoms with Crippen molar-refractivity contribution >= 4 is 11.9 Å². The van der Waals surface area contributed by atoms with E-state index in [1.54, 1.807) is 19.4 Å². The SMILES string of the molecule is CCOC(=O)c1cn(CC2CCC3CN[C@H](C(=O)OCC)CC3C2)cn1. The quantitative estimate of drug-likeness (QED) is 0.779. The zero-order valence-electron chi connectivity index (χ0n) is 15.6. The molecule has 0 spiro atoms. The van der Waals surface area contributed by atoms with Crippen LogP contribution in [0.15, 0.2) is 12.5 Å². The Morgan fingerprint density at radius 1 is 1.19 bits per heavy atom. The number of nitrogens with one attached hydrogen (secondary N) is 1. The van der Waals surface area contributed by atoms with Gasteiger partial charge in [0.25, 0.3) is 0 Å². The highest BCUT2D eigenvalue weighted by Crippen LogP contribution is 2.39. The normalized spacial score (nSPS) is 28.2. The van der Waals surface area contributed by atoms with Crippen molar-refractivity contribution in [1.82, 2.24) is 14.9 Å². The molecule has 0 amide bonds. The lowest BCUT2D eigenvalue weighted by Crippen LogP contribution is -2.50. The van der Waals surface area contributed by atoms with E-state index in [1.165, 1.54) is 12.8 Å². The van der Waals surface area contributed by atoms with Gasteiger partial charge in [-0.05, 0) is 63.8 Å². The zero-order chi connectivity index (χ0) is 18.5. The third-order valence-corrected chi connectivity index (χ3v) is 5.57. The molecule has 1 aromatic heterocycles. The number of fused-ring (bicyclic) bond motifs is 1. The van der Waals surface area contributed by atoms with Crippen LogP contribution in [0, 0.1) is 17.8 Å². The van der Waals surface area contributed by atoms with Crippen LogP contribution >= 0.6 is 0 Å². The second kappa shape index (κ2) is 8.66. The molecule has 1 aliphatic carbocycles. The van der Waals surface area contributed by atoms with Crippen molar-refractivity contribution in [2.45, 2.75) is 52.1 Å². The zero-order valence-corrected chi connectivity index (χ0v) is 15.6. The van der Waals surface area contributed by atoms with E-state index in [4.69, 9.17) is 9.47 Å². The molecule has 4 atom stereocenters. The van der Waals surface area contributed by atoms with Gasteiger partial charge in [-0.3, -0.25) is 4.79 Å². The number of piperidine rings is 1. The third-order valence-electron chi connectivity index (χ3n) is 5.57. The van der Waals surface area contributed by atoms with Gasteiger partial charge in [-0.25, -0.2) is 9.78 Å². The maximum Gasteiger partial charge on any atom is 0.358 e. The largest absolute Gasteiger partial charge is 0.465 e. The molecule has 3 unspecified atom stereocenters. The molecule has 7 heteroatoms. The first-order valence-electron chi connectivity index (χ1n) is 9.69. The average molecular weight is 363 g/mol. The molecule has 1 saturated carbocycles. The smallest absolute Gasteiger partial charge is 0.358 e. The Bertz CT molecular complexity index is 630. The van der Waals surface area contributed by atoms with Crippen molar-refractivity contribution in [2.24, 2.45) is 17.8 Å². The van der Waals surface area contributed by atoms with Crippen molar-refractivity contribution in [1.29, 1.82) is 0 Å². The maximum absolute atomic E-state index is 12.0. The summed E-state index contributed by atoms with van der Waals surface area (Å²) in [6.45, 7) is 6.17. The van der Waals surface area contributed by atoms with Gasteiger partial charge < -0.3 is 19.4 Å². The Balaban J connectivity index is 1.55. The molecule has 0 bridgehead atoms. The first-order valence-corrected chi connectivity index (χ1v) is 9.69. The van der Waals surface area contributed by atoms with E-state index in [1.807, 2.05) is 11.5 Å². The molecule has 0 aromatic carbocycles. The predicted molar refractivity (Wildman–Crippen MR) is 95.5 cm³/mol. The van der Waals surface area contributed by atoms with Crippen LogP contribution in [-0.4, -0.2) is 47.3 Å². The predicted octanol–water partition coefficient (Wildman–Crippen LogP) is 2.02. The molecule has 2 aliphatic rings. The van der Waals surface area contributed by atoms with E-state index in [0.29, 0.717) is 36.7 Å². The molecule has 1 N–H and O–H groups in total. The van der Waals surface area contributed by atoms with Crippen LogP contribution < -0.4 is 5.32 Å². The maximum atomic E-state index is 12.0. The second-order valence-electron chi connectivity index (χ2n) is 7.32. The summed E-state index contributed by atoms with van der Waals surface area (Å²) in [5.41, 5.74) is 0.366. The molecule has 1 aromatic rings. The fourth-order valence-electron chi connectivity index (χ4n) is 4.32. The highest BCUT2D eigenvalue weighted by atomic mass is 16.5. The number of carbonyl (C=O) groups is 2. The highest BCUT2D eigenvalue weighted by Gasteiger charge is 2.38. The van der Waals surface area contributed by atoms with Crippen molar-refractivity contribution < 1.29 is 19.1 Å². The van der Waals surface area contributed by atoms with Gasteiger partial charge in [-0.15, -0.1) is 0 Å². The average Bonchev–Trinajstić information content (AvgIpc) is 3.10. The lowest BCUT2D eigenvalue weighted by atomic mass is 9.69. The molecule has 7 nitrogen and oxygen atoms in total. The van der Waals surface area contributed by atoms with Crippen LogP contribution in [0.1, 0.15) is 50.0 Å². The van der Waals surface area contributed by atoms with Gasteiger partial charge in [0, 0.05) is 12.7 Å². The Morgan fingerprint density at radius 2 is 2.00 bits per heavy atom. The monoisotopic (exact) mass is 363 g/mol. The molecule has 144 valence electrons. The van der Waals surface area contributed by atoms with E-state index >= 15 is 0 Å².